The molecule has 0 radical (unpaired) electrons. The first-order valence-electron chi connectivity index (χ1n) is 18.6. The molecule has 0 aliphatic heterocycles. The Kier molecular flexibility index (Phi) is 8.34. The van der Waals surface area contributed by atoms with Crippen molar-refractivity contribution in [2.75, 3.05) is 0 Å². The monoisotopic (exact) mass is 777 g/mol. The standard InChI is InChI=1S/C49H33F6N3/c1-27-6-13-42-37(18-27)38-19-28(2)7-14-43(38)57(42)46-17-11-35(56-5)26-41(46)36-12-10-31(32-22-33(48(50,51)52)25-34(23-32)49(53,54)55)24-47(36)58-44-15-8-29(3)20-39(44)40-21-30(4)9-16-45(40)58/h6-26H,1-4H3. The summed E-state index contributed by atoms with van der Waals surface area (Å²) in [4.78, 5) is 3.79. The summed E-state index contributed by atoms with van der Waals surface area (Å²) < 4.78 is 89.2. The van der Waals surface area contributed by atoms with E-state index in [1.54, 1.807) is 30.3 Å². The van der Waals surface area contributed by atoms with E-state index in [0.717, 1.165) is 83.7 Å². The summed E-state index contributed by atoms with van der Waals surface area (Å²) in [7, 11) is 0. The zero-order valence-corrected chi connectivity index (χ0v) is 31.7. The van der Waals surface area contributed by atoms with E-state index in [4.69, 9.17) is 6.57 Å². The van der Waals surface area contributed by atoms with E-state index in [0.29, 0.717) is 22.5 Å². The lowest BCUT2D eigenvalue weighted by Gasteiger charge is -2.21. The molecular weight excluding hydrogens is 745 g/mol. The van der Waals surface area contributed by atoms with Crippen LogP contribution >= 0.6 is 0 Å². The maximum atomic E-state index is 14.2. The molecule has 0 amide bonds. The Morgan fingerprint density at radius 3 is 1.26 bits per heavy atom. The minimum absolute atomic E-state index is 0.146. The van der Waals surface area contributed by atoms with Gasteiger partial charge in [0.2, 0.25) is 0 Å². The summed E-state index contributed by atoms with van der Waals surface area (Å²) in [5.74, 6) is 0. The molecule has 0 aliphatic carbocycles. The summed E-state index contributed by atoms with van der Waals surface area (Å²) >= 11 is 0. The van der Waals surface area contributed by atoms with Gasteiger partial charge >= 0.3 is 12.4 Å². The van der Waals surface area contributed by atoms with Gasteiger partial charge in [0.05, 0.1) is 51.1 Å². The number of halogens is 6. The summed E-state index contributed by atoms with van der Waals surface area (Å²) in [5, 5.41) is 3.98. The second-order valence-electron chi connectivity index (χ2n) is 15.1. The minimum Gasteiger partial charge on any atom is -0.309 e. The molecule has 9 aromatic rings. The van der Waals surface area contributed by atoms with Crippen molar-refractivity contribution >= 4 is 49.3 Å². The Labute approximate surface area is 329 Å². The molecule has 0 atom stereocenters. The molecule has 0 spiro atoms. The van der Waals surface area contributed by atoms with E-state index in [1.807, 2.05) is 74.7 Å². The van der Waals surface area contributed by atoms with Crippen LogP contribution in [0.3, 0.4) is 0 Å². The zero-order valence-electron chi connectivity index (χ0n) is 31.7. The molecule has 0 saturated carbocycles. The number of nitrogens with zero attached hydrogens (tertiary/aromatic N) is 3. The normalized spacial score (nSPS) is 12.3. The van der Waals surface area contributed by atoms with Crippen LogP contribution < -0.4 is 0 Å². The molecule has 58 heavy (non-hydrogen) atoms. The SMILES string of the molecule is [C-]#[N+]c1ccc(-n2c3ccc(C)cc3c3cc(C)ccc32)c(-c2ccc(-c3cc(C(F)(F)F)cc(C(F)(F)F)c3)cc2-n2c3ccc(C)cc3c3cc(C)ccc32)c1. The second kappa shape index (κ2) is 13.1. The van der Waals surface area contributed by atoms with E-state index in [9.17, 15) is 26.3 Å². The summed E-state index contributed by atoms with van der Waals surface area (Å²) in [6.45, 7) is 16.1. The van der Waals surface area contributed by atoms with Crippen LogP contribution in [0.1, 0.15) is 33.4 Å². The van der Waals surface area contributed by atoms with Crippen molar-refractivity contribution in [2.45, 2.75) is 40.0 Å². The molecule has 3 nitrogen and oxygen atoms in total. The highest BCUT2D eigenvalue weighted by Crippen LogP contribution is 2.45. The predicted molar refractivity (Wildman–Crippen MR) is 221 cm³/mol. The number of hydrogen-bond acceptors (Lipinski definition) is 0. The molecule has 0 bridgehead atoms. The van der Waals surface area contributed by atoms with Crippen molar-refractivity contribution in [1.29, 1.82) is 0 Å². The third kappa shape index (κ3) is 6.08. The molecule has 0 aliphatic rings. The van der Waals surface area contributed by atoms with Gasteiger partial charge in [0.1, 0.15) is 0 Å². The number of rotatable bonds is 4. The predicted octanol–water partition coefficient (Wildman–Crippen LogP) is 15.0. The number of hydrogen-bond donors (Lipinski definition) is 0. The van der Waals surface area contributed by atoms with Gasteiger partial charge in [-0.15, -0.1) is 0 Å². The Hall–Kier alpha value is -6.79. The topological polar surface area (TPSA) is 14.2 Å². The Morgan fingerprint density at radius 1 is 0.414 bits per heavy atom. The second-order valence-corrected chi connectivity index (χ2v) is 15.1. The van der Waals surface area contributed by atoms with Crippen molar-refractivity contribution in [1.82, 2.24) is 9.13 Å². The lowest BCUT2D eigenvalue weighted by molar-refractivity contribution is -0.143. The highest BCUT2D eigenvalue weighted by molar-refractivity contribution is 6.12. The van der Waals surface area contributed by atoms with E-state index >= 15 is 0 Å². The van der Waals surface area contributed by atoms with Crippen molar-refractivity contribution in [2.24, 2.45) is 0 Å². The zero-order chi connectivity index (χ0) is 40.8. The molecule has 0 fully saturated rings. The van der Waals surface area contributed by atoms with Gasteiger partial charge in [-0.1, -0.05) is 64.7 Å². The van der Waals surface area contributed by atoms with Gasteiger partial charge in [0.25, 0.3) is 0 Å². The van der Waals surface area contributed by atoms with Crippen molar-refractivity contribution < 1.29 is 26.3 Å². The molecule has 0 unspecified atom stereocenters. The van der Waals surface area contributed by atoms with Gasteiger partial charge in [0, 0.05) is 27.1 Å². The van der Waals surface area contributed by atoms with Crippen LogP contribution in [-0.2, 0) is 12.4 Å². The average Bonchev–Trinajstić information content (AvgIpc) is 3.67. The lowest BCUT2D eigenvalue weighted by Crippen LogP contribution is -2.11. The van der Waals surface area contributed by atoms with Gasteiger partial charge in [-0.25, -0.2) is 4.85 Å². The summed E-state index contributed by atoms with van der Waals surface area (Å²) in [6, 6.07) is 36.7. The Balaban J connectivity index is 1.42. The van der Waals surface area contributed by atoms with Crippen LogP contribution in [0, 0.1) is 34.3 Å². The quantitative estimate of drug-likeness (QED) is 0.125. The van der Waals surface area contributed by atoms with Crippen LogP contribution in [0.4, 0.5) is 32.0 Å². The van der Waals surface area contributed by atoms with E-state index < -0.39 is 23.5 Å². The smallest absolute Gasteiger partial charge is 0.309 e. The van der Waals surface area contributed by atoms with E-state index in [1.165, 1.54) is 0 Å². The fourth-order valence-corrected chi connectivity index (χ4v) is 8.27. The fourth-order valence-electron chi connectivity index (χ4n) is 8.27. The van der Waals surface area contributed by atoms with Crippen LogP contribution in [0.5, 0.6) is 0 Å². The fraction of sp³-hybridized carbons (Fsp3) is 0.122. The lowest BCUT2D eigenvalue weighted by atomic mass is 9.94. The molecule has 9 heteroatoms. The Morgan fingerprint density at radius 2 is 0.845 bits per heavy atom. The van der Waals surface area contributed by atoms with Gasteiger partial charge in [-0.3, -0.25) is 0 Å². The van der Waals surface area contributed by atoms with Crippen LogP contribution in [0.25, 0.3) is 82.1 Å². The molecule has 286 valence electrons. The first-order valence-corrected chi connectivity index (χ1v) is 18.6. The van der Waals surface area contributed by atoms with Crippen LogP contribution in [0.15, 0.2) is 127 Å². The first kappa shape index (κ1) is 36.8. The molecule has 2 aromatic heterocycles. The Bertz CT molecular complexity index is 3060. The number of aryl methyl sites for hydroxylation is 4. The first-order chi connectivity index (χ1) is 27.6. The largest absolute Gasteiger partial charge is 0.416 e. The third-order valence-corrected chi connectivity index (χ3v) is 11.0. The van der Waals surface area contributed by atoms with Crippen LogP contribution in [0.2, 0.25) is 0 Å². The summed E-state index contributed by atoms with van der Waals surface area (Å²) in [5.41, 5.74) is 7.77. The number of alkyl halides is 6. The van der Waals surface area contributed by atoms with Crippen LogP contribution in [-0.4, -0.2) is 9.13 Å². The third-order valence-electron chi connectivity index (χ3n) is 11.0. The molecule has 0 saturated heterocycles. The van der Waals surface area contributed by atoms with Gasteiger partial charge in [-0.05, 0) is 129 Å². The number of fused-ring (bicyclic) bond motifs is 6. The number of benzene rings is 7. The van der Waals surface area contributed by atoms with Gasteiger partial charge in [0.15, 0.2) is 5.69 Å². The minimum atomic E-state index is -5.02. The number of aromatic nitrogens is 2. The maximum Gasteiger partial charge on any atom is 0.416 e. The van der Waals surface area contributed by atoms with E-state index in [2.05, 4.69) is 45.8 Å². The highest BCUT2D eigenvalue weighted by atomic mass is 19.4. The maximum absolute atomic E-state index is 14.2. The summed E-state index contributed by atoms with van der Waals surface area (Å²) in [6.07, 6.45) is -10.0. The van der Waals surface area contributed by atoms with Crippen molar-refractivity contribution in [3.05, 3.63) is 172 Å². The van der Waals surface area contributed by atoms with Gasteiger partial charge < -0.3 is 9.13 Å². The molecular formula is C49H33F6N3. The van der Waals surface area contributed by atoms with E-state index in [-0.39, 0.29) is 17.2 Å². The molecule has 0 N–H and O–H groups in total. The van der Waals surface area contributed by atoms with Crippen molar-refractivity contribution in [3.63, 3.8) is 0 Å². The molecule has 7 aromatic carbocycles. The highest BCUT2D eigenvalue weighted by Gasteiger charge is 2.37. The average molecular weight is 778 g/mol. The molecule has 2 heterocycles. The van der Waals surface area contributed by atoms with Crippen molar-refractivity contribution in [3.8, 4) is 33.6 Å². The molecule has 9 rings (SSSR count). The van der Waals surface area contributed by atoms with Gasteiger partial charge in [-0.2, -0.15) is 26.3 Å².